The fourth-order valence-electron chi connectivity index (χ4n) is 4.83. The molecule has 0 amide bonds. The van der Waals surface area contributed by atoms with Gasteiger partial charge in [-0.3, -0.25) is 0 Å². The van der Waals surface area contributed by atoms with Crippen molar-refractivity contribution in [2.24, 2.45) is 5.92 Å². The van der Waals surface area contributed by atoms with Crippen LogP contribution in [0.4, 0.5) is 0 Å². The van der Waals surface area contributed by atoms with Crippen molar-refractivity contribution < 1.29 is 20.1 Å². The molecule has 4 nitrogen and oxygen atoms in total. The average molecular weight is 387 g/mol. The predicted octanol–water partition coefficient (Wildman–Crippen LogP) is 3.89. The number of aliphatic hydroxyl groups is 3. The Morgan fingerprint density at radius 3 is 2.57 bits per heavy atom. The summed E-state index contributed by atoms with van der Waals surface area (Å²) in [5.74, 6) is 1.75. The van der Waals surface area contributed by atoms with E-state index < -0.39 is 12.2 Å². The fourth-order valence-corrected chi connectivity index (χ4v) is 4.83. The lowest BCUT2D eigenvalue weighted by molar-refractivity contribution is 0.0609. The number of ether oxygens (including phenoxy) is 1. The van der Waals surface area contributed by atoms with Crippen LogP contribution < -0.4 is 4.74 Å². The van der Waals surface area contributed by atoms with E-state index in [0.717, 1.165) is 36.1 Å². The van der Waals surface area contributed by atoms with Gasteiger partial charge in [-0.1, -0.05) is 42.4 Å². The summed E-state index contributed by atoms with van der Waals surface area (Å²) in [6.07, 6.45) is 9.38. The van der Waals surface area contributed by atoms with Crippen LogP contribution in [0.15, 0.2) is 41.5 Å². The molecule has 154 valence electrons. The van der Waals surface area contributed by atoms with E-state index in [1.165, 1.54) is 11.1 Å². The molecule has 3 N–H and O–H groups in total. The molecule has 0 unspecified atom stereocenters. The van der Waals surface area contributed by atoms with E-state index in [1.807, 2.05) is 6.07 Å². The Morgan fingerprint density at radius 2 is 1.89 bits per heavy atom. The minimum atomic E-state index is -0.422. The van der Waals surface area contributed by atoms with Gasteiger partial charge in [0.25, 0.3) is 0 Å². The van der Waals surface area contributed by atoms with Gasteiger partial charge in [-0.05, 0) is 74.0 Å². The monoisotopic (exact) mass is 386 g/mol. The minimum Gasteiger partial charge on any atom is -0.496 e. The Balaban J connectivity index is 1.78. The largest absolute Gasteiger partial charge is 0.496 e. The third-order valence-electron chi connectivity index (χ3n) is 6.36. The maximum atomic E-state index is 9.89. The molecule has 0 heterocycles. The van der Waals surface area contributed by atoms with Crippen molar-refractivity contribution in [1.29, 1.82) is 0 Å². The first-order chi connectivity index (χ1) is 13.5. The number of rotatable bonds is 5. The van der Waals surface area contributed by atoms with Gasteiger partial charge in [-0.25, -0.2) is 0 Å². The molecule has 0 radical (unpaired) electrons. The quantitative estimate of drug-likeness (QED) is 0.718. The van der Waals surface area contributed by atoms with Crippen LogP contribution in [0.3, 0.4) is 0 Å². The first kappa shape index (κ1) is 21.1. The van der Waals surface area contributed by atoms with Gasteiger partial charge in [-0.15, -0.1) is 0 Å². The van der Waals surface area contributed by atoms with Crippen LogP contribution in [0.2, 0.25) is 0 Å². The van der Waals surface area contributed by atoms with Crippen molar-refractivity contribution in [3.63, 3.8) is 0 Å². The second-order valence-electron chi connectivity index (χ2n) is 8.35. The van der Waals surface area contributed by atoms with Crippen molar-refractivity contribution in [2.75, 3.05) is 13.7 Å². The van der Waals surface area contributed by atoms with Crippen molar-refractivity contribution in [3.05, 3.63) is 52.6 Å². The predicted molar refractivity (Wildman–Crippen MR) is 112 cm³/mol. The molecule has 28 heavy (non-hydrogen) atoms. The second-order valence-corrected chi connectivity index (χ2v) is 8.35. The third kappa shape index (κ3) is 5.05. The minimum absolute atomic E-state index is 0.121. The van der Waals surface area contributed by atoms with Crippen LogP contribution in [0.1, 0.15) is 62.5 Å². The van der Waals surface area contributed by atoms with Gasteiger partial charge >= 0.3 is 0 Å². The Kier molecular flexibility index (Phi) is 7.33. The van der Waals surface area contributed by atoms with Crippen molar-refractivity contribution >= 4 is 0 Å². The summed E-state index contributed by atoms with van der Waals surface area (Å²) in [6.45, 7) is 2.42. The summed E-state index contributed by atoms with van der Waals surface area (Å²) in [5, 5.41) is 29.1. The standard InChI is InChI=1S/C24H34O4/c1-16-18(7-6-17-12-21(26)15-22(27)13-17)4-3-5-23(16)19-8-9-24(28-2)20(14-19)10-11-25/h6-9,14,16,21-23,25-27H,3-5,10-13,15H2,1-2H3/b18-7+/t16-,21+,22+,23-/m0/s1. The van der Waals surface area contributed by atoms with Gasteiger partial charge in [0.15, 0.2) is 0 Å². The highest BCUT2D eigenvalue weighted by molar-refractivity contribution is 5.40. The molecule has 0 aliphatic heterocycles. The average Bonchev–Trinajstić information content (AvgIpc) is 2.67. The second kappa shape index (κ2) is 9.73. The highest BCUT2D eigenvalue weighted by Gasteiger charge is 2.27. The zero-order valence-corrected chi connectivity index (χ0v) is 17.1. The smallest absolute Gasteiger partial charge is 0.122 e. The van der Waals surface area contributed by atoms with Crippen LogP contribution in [0.25, 0.3) is 0 Å². The number of benzene rings is 1. The molecular formula is C24H34O4. The van der Waals surface area contributed by atoms with Crippen LogP contribution in [-0.2, 0) is 6.42 Å². The first-order valence-electron chi connectivity index (χ1n) is 10.5. The number of aliphatic hydroxyl groups excluding tert-OH is 3. The summed E-state index contributed by atoms with van der Waals surface area (Å²) >= 11 is 0. The Morgan fingerprint density at radius 1 is 1.14 bits per heavy atom. The van der Waals surface area contributed by atoms with Gasteiger partial charge in [0, 0.05) is 6.61 Å². The summed E-state index contributed by atoms with van der Waals surface area (Å²) < 4.78 is 5.44. The number of methoxy groups -OCH3 is 1. The molecule has 0 spiro atoms. The lowest BCUT2D eigenvalue weighted by atomic mass is 9.73. The van der Waals surface area contributed by atoms with Crippen LogP contribution >= 0.6 is 0 Å². The normalized spacial score (nSPS) is 29.8. The SMILES string of the molecule is COc1ccc([C@H]2CCC/C(=C\C=C3C[C@@H](O)C[C@H](O)C3)[C@@H]2C)cc1CCO. The van der Waals surface area contributed by atoms with E-state index in [4.69, 9.17) is 4.74 Å². The lowest BCUT2D eigenvalue weighted by Gasteiger charge is -2.32. The molecule has 4 heteroatoms. The third-order valence-corrected chi connectivity index (χ3v) is 6.36. The molecule has 4 atom stereocenters. The number of hydrogen-bond donors (Lipinski definition) is 3. The van der Waals surface area contributed by atoms with Gasteiger partial charge in [0.1, 0.15) is 5.75 Å². The molecule has 0 bridgehead atoms. The molecule has 2 aliphatic rings. The maximum absolute atomic E-state index is 9.89. The molecule has 2 aliphatic carbocycles. The maximum Gasteiger partial charge on any atom is 0.122 e. The fraction of sp³-hybridized carbons (Fsp3) is 0.583. The molecule has 3 rings (SSSR count). The van der Waals surface area contributed by atoms with E-state index in [0.29, 0.717) is 37.5 Å². The van der Waals surface area contributed by atoms with Gasteiger partial charge in [-0.2, -0.15) is 0 Å². The Labute approximate surface area is 168 Å². The van der Waals surface area contributed by atoms with Crippen molar-refractivity contribution in [3.8, 4) is 5.75 Å². The summed E-state index contributed by atoms with van der Waals surface area (Å²) in [7, 11) is 1.67. The molecule has 1 aromatic carbocycles. The van der Waals surface area contributed by atoms with E-state index in [9.17, 15) is 15.3 Å². The van der Waals surface area contributed by atoms with Crippen molar-refractivity contribution in [1.82, 2.24) is 0 Å². The Hall–Kier alpha value is -1.62. The topological polar surface area (TPSA) is 69.9 Å². The van der Waals surface area contributed by atoms with Crippen molar-refractivity contribution in [2.45, 2.75) is 70.0 Å². The molecule has 1 aromatic rings. The van der Waals surface area contributed by atoms with E-state index in [-0.39, 0.29) is 6.61 Å². The van der Waals surface area contributed by atoms with E-state index in [2.05, 4.69) is 31.2 Å². The molecule has 2 fully saturated rings. The number of hydrogen-bond acceptors (Lipinski definition) is 4. The summed E-state index contributed by atoms with van der Waals surface area (Å²) in [5.41, 5.74) is 4.97. The van der Waals surface area contributed by atoms with E-state index >= 15 is 0 Å². The zero-order chi connectivity index (χ0) is 20.1. The van der Waals surface area contributed by atoms with E-state index in [1.54, 1.807) is 7.11 Å². The zero-order valence-electron chi connectivity index (χ0n) is 17.1. The molecule has 0 aromatic heterocycles. The van der Waals surface area contributed by atoms with Crippen LogP contribution in [-0.4, -0.2) is 41.2 Å². The lowest BCUT2D eigenvalue weighted by Crippen LogP contribution is -2.24. The highest BCUT2D eigenvalue weighted by atomic mass is 16.5. The number of allylic oxidation sites excluding steroid dienone is 3. The van der Waals surface area contributed by atoms with Gasteiger partial charge in [0.05, 0.1) is 19.3 Å². The summed E-state index contributed by atoms with van der Waals surface area (Å²) in [4.78, 5) is 0. The van der Waals surface area contributed by atoms with Gasteiger partial charge in [0.2, 0.25) is 0 Å². The first-order valence-corrected chi connectivity index (χ1v) is 10.5. The van der Waals surface area contributed by atoms with Gasteiger partial charge < -0.3 is 20.1 Å². The van der Waals surface area contributed by atoms with Crippen LogP contribution in [0.5, 0.6) is 5.75 Å². The highest BCUT2D eigenvalue weighted by Crippen LogP contribution is 2.42. The molecular weight excluding hydrogens is 352 g/mol. The van der Waals surface area contributed by atoms with Crippen LogP contribution in [0, 0.1) is 5.92 Å². The molecule has 0 saturated heterocycles. The molecule has 2 saturated carbocycles. The summed E-state index contributed by atoms with van der Waals surface area (Å²) in [6, 6.07) is 6.39. The Bertz CT molecular complexity index is 709.